The van der Waals surface area contributed by atoms with E-state index in [1.165, 1.54) is 18.4 Å². The van der Waals surface area contributed by atoms with Gasteiger partial charge in [-0.25, -0.2) is 4.79 Å². The third-order valence-electron chi connectivity index (χ3n) is 4.76. The second-order valence-corrected chi connectivity index (χ2v) is 7.95. The molecule has 1 amide bonds. The topological polar surface area (TPSA) is 67.9 Å². The van der Waals surface area contributed by atoms with E-state index < -0.39 is 5.97 Å². The highest BCUT2D eigenvalue weighted by Gasteiger charge is 2.22. The van der Waals surface area contributed by atoms with Crippen LogP contribution in [0.1, 0.15) is 20.0 Å². The van der Waals surface area contributed by atoms with Gasteiger partial charge in [0.15, 0.2) is 0 Å². The Labute approximate surface area is 177 Å². The third-order valence-corrected chi connectivity index (χ3v) is 6.43. The molecule has 0 aliphatic carbocycles. The molecule has 1 fully saturated rings. The van der Waals surface area contributed by atoms with Crippen LogP contribution in [0.4, 0.5) is 11.4 Å². The van der Waals surface area contributed by atoms with Crippen molar-refractivity contribution in [3.63, 3.8) is 0 Å². The van der Waals surface area contributed by atoms with Crippen molar-refractivity contribution in [2.45, 2.75) is 0 Å². The molecule has 0 saturated carbocycles. The maximum atomic E-state index is 13.0. The number of benzene rings is 2. The Bertz CT molecular complexity index is 1080. The minimum absolute atomic E-state index is 0.312. The number of halogens is 1. The van der Waals surface area contributed by atoms with Gasteiger partial charge in [0.1, 0.15) is 4.88 Å². The van der Waals surface area contributed by atoms with Gasteiger partial charge in [-0.3, -0.25) is 4.79 Å². The van der Waals surface area contributed by atoms with Gasteiger partial charge in [0.05, 0.1) is 42.3 Å². The summed E-state index contributed by atoms with van der Waals surface area (Å²) in [7, 11) is 1.33. The first-order valence-electron chi connectivity index (χ1n) is 9.12. The van der Waals surface area contributed by atoms with Crippen LogP contribution in [0.25, 0.3) is 10.1 Å². The van der Waals surface area contributed by atoms with Gasteiger partial charge in [0.2, 0.25) is 0 Å². The zero-order chi connectivity index (χ0) is 20.4. The summed E-state index contributed by atoms with van der Waals surface area (Å²) < 4.78 is 11.2. The first-order valence-corrected chi connectivity index (χ1v) is 10.3. The van der Waals surface area contributed by atoms with E-state index in [1.54, 1.807) is 12.1 Å². The number of nitrogens with one attached hydrogen (secondary N) is 1. The van der Waals surface area contributed by atoms with Crippen molar-refractivity contribution < 1.29 is 19.1 Å². The molecule has 3 aromatic rings. The zero-order valence-electron chi connectivity index (χ0n) is 15.7. The fourth-order valence-electron chi connectivity index (χ4n) is 3.30. The van der Waals surface area contributed by atoms with Crippen molar-refractivity contribution in [1.82, 2.24) is 0 Å². The number of nitrogens with zero attached hydrogens (tertiary/aromatic N) is 1. The Morgan fingerprint density at radius 1 is 1.17 bits per heavy atom. The van der Waals surface area contributed by atoms with Crippen LogP contribution < -0.4 is 10.2 Å². The van der Waals surface area contributed by atoms with Gasteiger partial charge in [0.25, 0.3) is 5.91 Å². The van der Waals surface area contributed by atoms with Gasteiger partial charge in [-0.05, 0) is 24.3 Å². The van der Waals surface area contributed by atoms with E-state index in [-0.39, 0.29) is 5.91 Å². The molecule has 8 heteroatoms. The highest BCUT2D eigenvalue weighted by Crippen LogP contribution is 2.36. The summed E-state index contributed by atoms with van der Waals surface area (Å²) in [6.45, 7) is 2.61. The van der Waals surface area contributed by atoms with E-state index in [2.05, 4.69) is 10.2 Å². The molecule has 29 heavy (non-hydrogen) atoms. The number of amides is 1. The molecule has 1 saturated heterocycles. The molecule has 0 unspecified atom stereocenters. The molecule has 1 aliphatic heterocycles. The number of hydrogen-bond acceptors (Lipinski definition) is 6. The molecule has 2 aromatic carbocycles. The lowest BCUT2D eigenvalue weighted by atomic mass is 10.1. The average molecular weight is 431 g/mol. The summed E-state index contributed by atoms with van der Waals surface area (Å²) >= 11 is 7.80. The van der Waals surface area contributed by atoms with Gasteiger partial charge in [-0.2, -0.15) is 0 Å². The molecule has 1 aromatic heterocycles. The summed E-state index contributed by atoms with van der Waals surface area (Å²) in [6.07, 6.45) is 0. The number of thiophene rings is 1. The van der Waals surface area contributed by atoms with Crippen molar-refractivity contribution in [2.24, 2.45) is 0 Å². The van der Waals surface area contributed by atoms with E-state index in [9.17, 15) is 9.59 Å². The number of ether oxygens (including phenoxy) is 2. The molecule has 2 heterocycles. The van der Waals surface area contributed by atoms with Crippen LogP contribution in [-0.4, -0.2) is 45.3 Å². The molecule has 1 aliphatic rings. The van der Waals surface area contributed by atoms with Crippen LogP contribution in [-0.2, 0) is 9.47 Å². The summed E-state index contributed by atoms with van der Waals surface area (Å²) in [5, 5.41) is 4.22. The number of morpholine rings is 1. The summed E-state index contributed by atoms with van der Waals surface area (Å²) in [6, 6.07) is 12.8. The van der Waals surface area contributed by atoms with Gasteiger partial charge in [-0.1, -0.05) is 29.8 Å². The number of carbonyl (C=O) groups excluding carboxylic acids is 2. The second kappa shape index (κ2) is 8.41. The maximum absolute atomic E-state index is 13.0. The van der Waals surface area contributed by atoms with E-state index in [0.29, 0.717) is 47.5 Å². The fraction of sp³-hybridized carbons (Fsp3) is 0.238. The van der Waals surface area contributed by atoms with Crippen LogP contribution >= 0.6 is 22.9 Å². The standard InChI is InChI=1S/C21H19ClN2O4S/c1-27-21(26)13-6-7-16(24-8-10-28-11-9-24)15(12-13)23-20(25)19-18(22)14-4-2-3-5-17(14)29-19/h2-7,12H,8-11H2,1H3,(H,23,25). The Balaban J connectivity index is 1.70. The largest absolute Gasteiger partial charge is 0.465 e. The molecule has 1 N–H and O–H groups in total. The molecule has 4 rings (SSSR count). The summed E-state index contributed by atoms with van der Waals surface area (Å²) in [4.78, 5) is 27.6. The number of anilines is 2. The van der Waals surface area contributed by atoms with E-state index >= 15 is 0 Å². The molecule has 6 nitrogen and oxygen atoms in total. The van der Waals surface area contributed by atoms with Crippen molar-refractivity contribution in [1.29, 1.82) is 0 Å². The normalized spacial score (nSPS) is 14.1. The molecule has 150 valence electrons. The Morgan fingerprint density at radius 3 is 2.66 bits per heavy atom. The van der Waals surface area contributed by atoms with Crippen LogP contribution in [0, 0.1) is 0 Å². The molecule has 0 spiro atoms. The van der Waals surface area contributed by atoms with Gasteiger partial charge >= 0.3 is 5.97 Å². The van der Waals surface area contributed by atoms with Crippen molar-refractivity contribution in [3.8, 4) is 0 Å². The first kappa shape index (κ1) is 19.7. The summed E-state index contributed by atoms with van der Waals surface area (Å²) in [5.74, 6) is -0.776. The predicted octanol–water partition coefficient (Wildman–Crippen LogP) is 4.43. The Hall–Kier alpha value is -2.61. The quantitative estimate of drug-likeness (QED) is 0.620. The summed E-state index contributed by atoms with van der Waals surface area (Å²) in [5.41, 5.74) is 1.72. The number of fused-ring (bicyclic) bond motifs is 1. The van der Waals surface area contributed by atoms with Crippen LogP contribution in [0.3, 0.4) is 0 Å². The van der Waals surface area contributed by atoms with Crippen molar-refractivity contribution in [3.05, 3.63) is 57.9 Å². The smallest absolute Gasteiger partial charge is 0.337 e. The SMILES string of the molecule is COC(=O)c1ccc(N2CCOCC2)c(NC(=O)c2sc3ccccc3c2Cl)c1. The third kappa shape index (κ3) is 3.94. The Morgan fingerprint density at radius 2 is 1.93 bits per heavy atom. The lowest BCUT2D eigenvalue weighted by Crippen LogP contribution is -2.36. The molecular formula is C21H19ClN2O4S. The molecule has 0 bridgehead atoms. The van der Waals surface area contributed by atoms with Crippen LogP contribution in [0.5, 0.6) is 0 Å². The van der Waals surface area contributed by atoms with Crippen molar-refractivity contribution in [2.75, 3.05) is 43.6 Å². The minimum Gasteiger partial charge on any atom is -0.465 e. The predicted molar refractivity (Wildman–Crippen MR) is 116 cm³/mol. The lowest BCUT2D eigenvalue weighted by Gasteiger charge is -2.30. The van der Waals surface area contributed by atoms with Gasteiger partial charge in [-0.15, -0.1) is 11.3 Å². The van der Waals surface area contributed by atoms with Gasteiger partial charge in [0, 0.05) is 23.2 Å². The maximum Gasteiger partial charge on any atom is 0.337 e. The van der Waals surface area contributed by atoms with E-state index in [4.69, 9.17) is 21.1 Å². The second-order valence-electron chi connectivity index (χ2n) is 6.52. The monoisotopic (exact) mass is 430 g/mol. The van der Waals surface area contributed by atoms with Gasteiger partial charge < -0.3 is 19.7 Å². The lowest BCUT2D eigenvalue weighted by molar-refractivity contribution is 0.0600. The number of methoxy groups -OCH3 is 1. The average Bonchev–Trinajstić information content (AvgIpc) is 3.10. The highest BCUT2D eigenvalue weighted by molar-refractivity contribution is 7.21. The fourth-order valence-corrected chi connectivity index (χ4v) is 4.71. The minimum atomic E-state index is -0.464. The Kier molecular flexibility index (Phi) is 5.71. The molecule has 0 radical (unpaired) electrons. The highest BCUT2D eigenvalue weighted by atomic mass is 35.5. The molecule has 0 atom stereocenters. The van der Waals surface area contributed by atoms with Crippen LogP contribution in [0.2, 0.25) is 5.02 Å². The number of hydrogen-bond donors (Lipinski definition) is 1. The van der Waals surface area contributed by atoms with E-state index in [0.717, 1.165) is 15.8 Å². The van der Waals surface area contributed by atoms with Crippen LogP contribution in [0.15, 0.2) is 42.5 Å². The molecular weight excluding hydrogens is 412 g/mol. The number of esters is 1. The first-order chi connectivity index (χ1) is 14.1. The number of rotatable bonds is 4. The zero-order valence-corrected chi connectivity index (χ0v) is 17.3. The van der Waals surface area contributed by atoms with E-state index in [1.807, 2.05) is 30.3 Å². The van der Waals surface area contributed by atoms with Crippen molar-refractivity contribution >= 4 is 56.3 Å². The number of carbonyl (C=O) groups is 2.